The first kappa shape index (κ1) is 21.5. The molecule has 0 aliphatic heterocycles. The summed E-state index contributed by atoms with van der Waals surface area (Å²) in [5, 5.41) is 12.9. The fourth-order valence-electron chi connectivity index (χ4n) is 3.35. The third-order valence-electron chi connectivity index (χ3n) is 4.78. The number of amides is 1. The molecule has 0 unspecified atom stereocenters. The van der Waals surface area contributed by atoms with Gasteiger partial charge in [-0.3, -0.25) is 4.79 Å². The summed E-state index contributed by atoms with van der Waals surface area (Å²) in [7, 11) is 0. The van der Waals surface area contributed by atoms with Crippen LogP contribution in [-0.4, -0.2) is 28.2 Å². The number of benzene rings is 2. The van der Waals surface area contributed by atoms with Crippen LogP contribution < -0.4 is 5.32 Å². The van der Waals surface area contributed by atoms with Gasteiger partial charge in [0.15, 0.2) is 0 Å². The van der Waals surface area contributed by atoms with Crippen LogP contribution in [0.15, 0.2) is 65.7 Å². The number of carbonyl (C=O) groups excluding carboxylic acids is 1. The predicted octanol–water partition coefficient (Wildman–Crippen LogP) is 4.40. The lowest BCUT2D eigenvalue weighted by Gasteiger charge is -2.18. The van der Waals surface area contributed by atoms with Gasteiger partial charge in [0, 0.05) is 12.5 Å². The van der Waals surface area contributed by atoms with Crippen molar-refractivity contribution in [2.75, 3.05) is 12.3 Å². The summed E-state index contributed by atoms with van der Waals surface area (Å²) in [6.07, 6.45) is 0.805. The lowest BCUT2D eigenvalue weighted by atomic mass is 9.88. The number of rotatable bonds is 8. The van der Waals surface area contributed by atoms with E-state index in [0.29, 0.717) is 28.7 Å². The van der Waals surface area contributed by atoms with E-state index in [1.54, 1.807) is 13.8 Å². The third-order valence-corrected chi connectivity index (χ3v) is 5.75. The Bertz CT molecular complexity index is 993. The largest absolute Gasteiger partial charge is 0.355 e. The van der Waals surface area contributed by atoms with E-state index >= 15 is 0 Å². The molecule has 1 aromatic heterocycles. The minimum Gasteiger partial charge on any atom is -0.355 e. The Morgan fingerprint density at radius 3 is 2.20 bits per heavy atom. The number of hydrogen-bond acceptors (Lipinski definition) is 5. The maximum Gasteiger partial charge on any atom is 0.230 e. The second-order valence-corrected chi connectivity index (χ2v) is 7.91. The maximum atomic E-state index is 12.4. The molecule has 0 radical (unpaired) electrons. The lowest BCUT2D eigenvalue weighted by Crippen LogP contribution is -2.27. The summed E-state index contributed by atoms with van der Waals surface area (Å²) in [5.74, 6) is 0.963. The van der Waals surface area contributed by atoms with Gasteiger partial charge in [0.25, 0.3) is 0 Å². The fourth-order valence-corrected chi connectivity index (χ4v) is 4.26. The molecule has 6 heteroatoms. The highest BCUT2D eigenvalue weighted by Crippen LogP contribution is 2.27. The van der Waals surface area contributed by atoms with Crippen LogP contribution in [0, 0.1) is 25.2 Å². The molecule has 1 amide bonds. The van der Waals surface area contributed by atoms with Crippen molar-refractivity contribution in [1.82, 2.24) is 15.3 Å². The Kier molecular flexibility index (Phi) is 7.58. The summed E-state index contributed by atoms with van der Waals surface area (Å²) in [5.41, 5.74) is 3.55. The van der Waals surface area contributed by atoms with E-state index in [0.717, 1.165) is 6.42 Å². The second kappa shape index (κ2) is 10.6. The molecule has 3 rings (SSSR count). The molecule has 0 atom stereocenters. The Hall–Kier alpha value is -3.17. The van der Waals surface area contributed by atoms with Crippen LogP contribution in [0.2, 0.25) is 0 Å². The van der Waals surface area contributed by atoms with E-state index in [2.05, 4.69) is 45.6 Å². The van der Waals surface area contributed by atoms with Crippen molar-refractivity contribution in [3.05, 3.63) is 88.9 Å². The van der Waals surface area contributed by atoms with Crippen molar-refractivity contribution in [3.8, 4) is 6.07 Å². The summed E-state index contributed by atoms with van der Waals surface area (Å²) < 4.78 is 0. The van der Waals surface area contributed by atoms with Crippen molar-refractivity contribution in [1.29, 1.82) is 5.26 Å². The molecule has 0 fully saturated rings. The highest BCUT2D eigenvalue weighted by molar-refractivity contribution is 8.00. The maximum absolute atomic E-state index is 12.4. The van der Waals surface area contributed by atoms with Gasteiger partial charge in [0.2, 0.25) is 5.91 Å². The molecule has 152 valence electrons. The summed E-state index contributed by atoms with van der Waals surface area (Å²) in [4.78, 5) is 20.9. The topological polar surface area (TPSA) is 78.7 Å². The number of hydrogen-bond donors (Lipinski definition) is 1. The van der Waals surface area contributed by atoms with Gasteiger partial charge >= 0.3 is 0 Å². The van der Waals surface area contributed by atoms with Crippen LogP contribution in [-0.2, 0) is 4.79 Å². The molecule has 5 nitrogen and oxygen atoms in total. The second-order valence-electron chi connectivity index (χ2n) is 6.95. The standard InChI is InChI=1S/C24H24N4OS/c1-17-22(15-25)24(28-18(2)27-17)30-16-23(29)26-14-13-21(19-9-5-3-6-10-19)20-11-7-4-8-12-20/h3-12,21H,13-14,16H2,1-2H3,(H,26,29). The van der Waals surface area contributed by atoms with Crippen LogP contribution in [0.3, 0.4) is 0 Å². The number of nitrogens with one attached hydrogen (secondary N) is 1. The van der Waals surface area contributed by atoms with Crippen molar-refractivity contribution >= 4 is 17.7 Å². The minimum absolute atomic E-state index is 0.0716. The number of carbonyl (C=O) groups is 1. The van der Waals surface area contributed by atoms with E-state index in [-0.39, 0.29) is 17.6 Å². The molecule has 0 aliphatic carbocycles. The highest BCUT2D eigenvalue weighted by Gasteiger charge is 2.15. The average Bonchev–Trinajstić information content (AvgIpc) is 2.76. The predicted molar refractivity (Wildman–Crippen MR) is 119 cm³/mol. The van der Waals surface area contributed by atoms with Gasteiger partial charge in [0.1, 0.15) is 22.5 Å². The van der Waals surface area contributed by atoms with Gasteiger partial charge in [-0.15, -0.1) is 0 Å². The molecule has 0 aliphatic rings. The van der Waals surface area contributed by atoms with E-state index in [4.69, 9.17) is 0 Å². The monoisotopic (exact) mass is 416 g/mol. The summed E-state index contributed by atoms with van der Waals surface area (Å²) in [6, 6.07) is 22.8. The third kappa shape index (κ3) is 5.68. The zero-order valence-corrected chi connectivity index (χ0v) is 17.9. The molecule has 0 spiro atoms. The molecule has 2 aromatic carbocycles. The molecule has 0 saturated heterocycles. The molecule has 30 heavy (non-hydrogen) atoms. The molecule has 0 saturated carbocycles. The number of nitriles is 1. The van der Waals surface area contributed by atoms with Gasteiger partial charge in [0.05, 0.1) is 11.4 Å². The van der Waals surface area contributed by atoms with Gasteiger partial charge < -0.3 is 5.32 Å². The highest BCUT2D eigenvalue weighted by atomic mass is 32.2. The molecule has 1 heterocycles. The zero-order chi connectivity index (χ0) is 21.3. The summed E-state index contributed by atoms with van der Waals surface area (Å²) in [6.45, 7) is 4.14. The van der Waals surface area contributed by atoms with Gasteiger partial charge in [-0.2, -0.15) is 5.26 Å². The summed E-state index contributed by atoms with van der Waals surface area (Å²) >= 11 is 1.27. The zero-order valence-electron chi connectivity index (χ0n) is 17.1. The van der Waals surface area contributed by atoms with Crippen LogP contribution >= 0.6 is 11.8 Å². The first-order valence-corrected chi connectivity index (χ1v) is 10.8. The van der Waals surface area contributed by atoms with Crippen molar-refractivity contribution in [2.45, 2.75) is 31.2 Å². The van der Waals surface area contributed by atoms with Crippen molar-refractivity contribution in [2.24, 2.45) is 0 Å². The molecule has 3 aromatic rings. The number of aromatic nitrogens is 2. The van der Waals surface area contributed by atoms with Gasteiger partial charge in [-0.05, 0) is 31.4 Å². The smallest absolute Gasteiger partial charge is 0.230 e. The number of thioether (sulfide) groups is 1. The lowest BCUT2D eigenvalue weighted by molar-refractivity contribution is -0.118. The Morgan fingerprint density at radius 2 is 1.63 bits per heavy atom. The first-order chi connectivity index (χ1) is 14.6. The first-order valence-electron chi connectivity index (χ1n) is 9.83. The van der Waals surface area contributed by atoms with E-state index < -0.39 is 0 Å². The van der Waals surface area contributed by atoms with Crippen molar-refractivity contribution in [3.63, 3.8) is 0 Å². The molecular formula is C24H24N4OS. The van der Waals surface area contributed by atoms with Crippen LogP contribution in [0.25, 0.3) is 0 Å². The Morgan fingerprint density at radius 1 is 1.03 bits per heavy atom. The number of nitrogens with zero attached hydrogens (tertiary/aromatic N) is 3. The van der Waals surface area contributed by atoms with E-state index in [1.165, 1.54) is 22.9 Å². The van der Waals surface area contributed by atoms with E-state index in [9.17, 15) is 10.1 Å². The van der Waals surface area contributed by atoms with Crippen LogP contribution in [0.1, 0.15) is 40.5 Å². The minimum atomic E-state index is -0.0716. The Balaban J connectivity index is 1.58. The van der Waals surface area contributed by atoms with Gasteiger partial charge in [-0.1, -0.05) is 72.4 Å². The van der Waals surface area contributed by atoms with Gasteiger partial charge in [-0.25, -0.2) is 9.97 Å². The number of aryl methyl sites for hydroxylation is 2. The molecule has 1 N–H and O–H groups in total. The quantitative estimate of drug-likeness (QED) is 0.435. The Labute approximate surface area is 181 Å². The average molecular weight is 417 g/mol. The van der Waals surface area contributed by atoms with Crippen LogP contribution in [0.5, 0.6) is 0 Å². The normalized spacial score (nSPS) is 10.6. The van der Waals surface area contributed by atoms with Crippen molar-refractivity contribution < 1.29 is 4.79 Å². The molecular weight excluding hydrogens is 392 g/mol. The van der Waals surface area contributed by atoms with Crippen LogP contribution in [0.4, 0.5) is 0 Å². The SMILES string of the molecule is Cc1nc(C)c(C#N)c(SCC(=O)NCCC(c2ccccc2)c2ccccc2)n1. The van der Waals surface area contributed by atoms with E-state index in [1.807, 2.05) is 36.4 Å². The fraction of sp³-hybridized carbons (Fsp3) is 0.250. The molecule has 0 bridgehead atoms.